The molecule has 1 aliphatic rings. The lowest BCUT2D eigenvalue weighted by molar-refractivity contribution is -0.128. The van der Waals surface area contributed by atoms with E-state index in [0.29, 0.717) is 5.75 Å². The lowest BCUT2D eigenvalue weighted by atomic mass is 10.0. The quantitative estimate of drug-likeness (QED) is 0.718. The second-order valence-electron chi connectivity index (χ2n) is 7.62. The van der Waals surface area contributed by atoms with Crippen LogP contribution < -0.4 is 20.3 Å². The van der Waals surface area contributed by atoms with Crippen LogP contribution in [0, 0.1) is 5.92 Å². The molecule has 1 saturated heterocycles. The van der Waals surface area contributed by atoms with Gasteiger partial charge in [-0.15, -0.1) is 0 Å². The number of nitrogens with one attached hydrogen (secondary N) is 2. The number of nitrogens with zero attached hydrogens (tertiary/aromatic N) is 1. The third kappa shape index (κ3) is 5.98. The minimum Gasteiger partial charge on any atom is -0.484 e. The number of ether oxygens (including phenoxy) is 1. The molecule has 0 aliphatic carbocycles. The van der Waals surface area contributed by atoms with Crippen LogP contribution in [-0.2, 0) is 9.59 Å². The molecule has 29 heavy (non-hydrogen) atoms. The van der Waals surface area contributed by atoms with Gasteiger partial charge in [0.05, 0.1) is 0 Å². The van der Waals surface area contributed by atoms with E-state index in [-0.39, 0.29) is 24.3 Å². The van der Waals surface area contributed by atoms with Gasteiger partial charge in [-0.3, -0.25) is 9.59 Å². The molecule has 0 saturated carbocycles. The van der Waals surface area contributed by atoms with Crippen LogP contribution in [-0.4, -0.2) is 37.6 Å². The van der Waals surface area contributed by atoms with Gasteiger partial charge in [0, 0.05) is 24.5 Å². The molecule has 2 amide bonds. The van der Waals surface area contributed by atoms with E-state index in [1.54, 1.807) is 12.1 Å². The Bertz CT molecular complexity index is 800. The molecule has 1 fully saturated rings. The highest BCUT2D eigenvalue weighted by Crippen LogP contribution is 2.22. The molecule has 1 atom stereocenters. The van der Waals surface area contributed by atoms with Crippen LogP contribution in [0.5, 0.6) is 5.75 Å². The maximum Gasteiger partial charge on any atom is 0.258 e. The molecule has 2 N–H and O–H groups in total. The lowest BCUT2D eigenvalue weighted by Gasteiger charge is -2.22. The molecule has 1 aliphatic heterocycles. The molecule has 0 aromatic heterocycles. The number of amides is 2. The summed E-state index contributed by atoms with van der Waals surface area (Å²) in [6, 6.07) is 16.3. The standard InChI is InChI=1S/C23H29N3O3/c1-17(2)22(25-21(27)16-29-20-8-4-3-5-9-20)23(28)24-18-10-12-19(13-11-18)26-14-6-7-15-26/h3-5,8-13,17,22H,6-7,14-16H2,1-2H3,(H,24,28)(H,25,27)/t22-/m0/s1. The molecule has 3 rings (SSSR count). The fraction of sp³-hybridized carbons (Fsp3) is 0.391. The van der Waals surface area contributed by atoms with Crippen molar-refractivity contribution in [3.63, 3.8) is 0 Å². The lowest BCUT2D eigenvalue weighted by Crippen LogP contribution is -2.48. The van der Waals surface area contributed by atoms with E-state index in [1.807, 2.05) is 56.3 Å². The first-order valence-corrected chi connectivity index (χ1v) is 10.2. The Morgan fingerprint density at radius 1 is 1.00 bits per heavy atom. The number of hydrogen-bond acceptors (Lipinski definition) is 4. The zero-order valence-corrected chi connectivity index (χ0v) is 17.1. The van der Waals surface area contributed by atoms with Crippen molar-refractivity contribution in [1.29, 1.82) is 0 Å². The summed E-state index contributed by atoms with van der Waals surface area (Å²) in [5.41, 5.74) is 1.89. The van der Waals surface area contributed by atoms with E-state index >= 15 is 0 Å². The van der Waals surface area contributed by atoms with Gasteiger partial charge in [-0.1, -0.05) is 32.0 Å². The van der Waals surface area contributed by atoms with Crippen molar-refractivity contribution in [2.24, 2.45) is 5.92 Å². The normalized spacial score (nSPS) is 14.5. The highest BCUT2D eigenvalue weighted by Gasteiger charge is 2.24. The molecule has 154 valence electrons. The van der Waals surface area contributed by atoms with Gasteiger partial charge in [-0.2, -0.15) is 0 Å². The predicted molar refractivity (Wildman–Crippen MR) is 115 cm³/mol. The number of anilines is 2. The number of benzene rings is 2. The third-order valence-electron chi connectivity index (χ3n) is 4.98. The largest absolute Gasteiger partial charge is 0.484 e. The number of para-hydroxylation sites is 1. The summed E-state index contributed by atoms with van der Waals surface area (Å²) < 4.78 is 5.46. The van der Waals surface area contributed by atoms with Gasteiger partial charge >= 0.3 is 0 Å². The minimum absolute atomic E-state index is 0.0560. The summed E-state index contributed by atoms with van der Waals surface area (Å²) in [6.07, 6.45) is 2.45. The molecular weight excluding hydrogens is 366 g/mol. The highest BCUT2D eigenvalue weighted by atomic mass is 16.5. The van der Waals surface area contributed by atoms with Gasteiger partial charge in [-0.25, -0.2) is 0 Å². The summed E-state index contributed by atoms with van der Waals surface area (Å²) in [5, 5.41) is 5.69. The number of rotatable bonds is 8. The Morgan fingerprint density at radius 3 is 2.28 bits per heavy atom. The Kier molecular flexibility index (Phi) is 7.11. The Morgan fingerprint density at radius 2 is 1.66 bits per heavy atom. The first-order chi connectivity index (χ1) is 14.0. The van der Waals surface area contributed by atoms with E-state index < -0.39 is 6.04 Å². The second kappa shape index (κ2) is 9.96. The van der Waals surface area contributed by atoms with Crippen molar-refractivity contribution >= 4 is 23.2 Å². The van der Waals surface area contributed by atoms with Crippen LogP contribution in [0.3, 0.4) is 0 Å². The Labute approximate surface area is 172 Å². The summed E-state index contributed by atoms with van der Waals surface area (Å²) in [4.78, 5) is 27.3. The smallest absolute Gasteiger partial charge is 0.258 e. The van der Waals surface area contributed by atoms with Crippen molar-refractivity contribution in [2.45, 2.75) is 32.7 Å². The third-order valence-corrected chi connectivity index (χ3v) is 4.98. The summed E-state index contributed by atoms with van der Waals surface area (Å²) in [5.74, 6) is -0.0000861. The first-order valence-electron chi connectivity index (χ1n) is 10.2. The average molecular weight is 396 g/mol. The van der Waals surface area contributed by atoms with Gasteiger partial charge in [-0.05, 0) is 55.2 Å². The fourth-order valence-electron chi connectivity index (χ4n) is 3.37. The molecule has 0 unspecified atom stereocenters. The molecule has 2 aromatic carbocycles. The predicted octanol–water partition coefficient (Wildman–Crippen LogP) is 3.45. The van der Waals surface area contributed by atoms with Crippen LogP contribution in [0.2, 0.25) is 0 Å². The van der Waals surface area contributed by atoms with E-state index in [4.69, 9.17) is 4.74 Å². The van der Waals surface area contributed by atoms with Crippen molar-refractivity contribution in [1.82, 2.24) is 5.32 Å². The van der Waals surface area contributed by atoms with Gasteiger partial charge in [0.15, 0.2) is 6.61 Å². The Hall–Kier alpha value is -3.02. The number of carbonyl (C=O) groups excluding carboxylic acids is 2. The zero-order chi connectivity index (χ0) is 20.6. The molecular formula is C23H29N3O3. The fourth-order valence-corrected chi connectivity index (χ4v) is 3.37. The summed E-state index contributed by atoms with van der Waals surface area (Å²) in [7, 11) is 0. The van der Waals surface area contributed by atoms with E-state index in [9.17, 15) is 9.59 Å². The van der Waals surface area contributed by atoms with Gasteiger partial charge < -0.3 is 20.3 Å². The SMILES string of the molecule is CC(C)[C@H](NC(=O)COc1ccccc1)C(=O)Nc1ccc(N2CCCC2)cc1. The van der Waals surface area contributed by atoms with Crippen molar-refractivity contribution in [3.8, 4) is 5.75 Å². The van der Waals surface area contributed by atoms with Crippen LogP contribution in [0.1, 0.15) is 26.7 Å². The van der Waals surface area contributed by atoms with Crippen LogP contribution in [0.25, 0.3) is 0 Å². The summed E-state index contributed by atoms with van der Waals surface area (Å²) in [6.45, 7) is 5.83. The second-order valence-corrected chi connectivity index (χ2v) is 7.62. The van der Waals surface area contributed by atoms with Gasteiger partial charge in [0.1, 0.15) is 11.8 Å². The molecule has 0 radical (unpaired) electrons. The van der Waals surface area contributed by atoms with Crippen LogP contribution >= 0.6 is 0 Å². The zero-order valence-electron chi connectivity index (χ0n) is 17.1. The van der Waals surface area contributed by atoms with Crippen molar-refractivity contribution < 1.29 is 14.3 Å². The molecule has 0 bridgehead atoms. The van der Waals surface area contributed by atoms with Crippen LogP contribution in [0.15, 0.2) is 54.6 Å². The highest BCUT2D eigenvalue weighted by molar-refractivity contribution is 5.97. The van der Waals surface area contributed by atoms with Gasteiger partial charge in [0.2, 0.25) is 5.91 Å². The molecule has 0 spiro atoms. The monoisotopic (exact) mass is 395 g/mol. The average Bonchev–Trinajstić information content (AvgIpc) is 3.26. The first kappa shape index (κ1) is 20.7. The molecule has 2 aromatic rings. The van der Waals surface area contributed by atoms with Gasteiger partial charge in [0.25, 0.3) is 5.91 Å². The van der Waals surface area contributed by atoms with Crippen LogP contribution in [0.4, 0.5) is 11.4 Å². The maximum atomic E-state index is 12.7. The molecule has 6 nitrogen and oxygen atoms in total. The van der Waals surface area contributed by atoms with E-state index in [2.05, 4.69) is 15.5 Å². The molecule has 6 heteroatoms. The van der Waals surface area contributed by atoms with Crippen molar-refractivity contribution in [2.75, 3.05) is 29.9 Å². The summed E-state index contributed by atoms with van der Waals surface area (Å²) >= 11 is 0. The van der Waals surface area contributed by atoms with E-state index in [1.165, 1.54) is 18.5 Å². The molecule has 1 heterocycles. The van der Waals surface area contributed by atoms with Crippen molar-refractivity contribution in [3.05, 3.63) is 54.6 Å². The van der Waals surface area contributed by atoms with E-state index in [0.717, 1.165) is 18.8 Å². The number of carbonyl (C=O) groups is 2. The Balaban J connectivity index is 1.53. The number of hydrogen-bond donors (Lipinski definition) is 2. The maximum absolute atomic E-state index is 12.7. The minimum atomic E-state index is -0.639. The topological polar surface area (TPSA) is 70.7 Å².